The first-order valence-corrected chi connectivity index (χ1v) is 7.30. The Morgan fingerprint density at radius 3 is 2.71 bits per heavy atom. The number of carbonyl (C=O) groups excluding carboxylic acids is 2. The van der Waals surface area contributed by atoms with Crippen molar-refractivity contribution in [3.63, 3.8) is 0 Å². The molecule has 0 spiro atoms. The van der Waals surface area contributed by atoms with Gasteiger partial charge in [0.15, 0.2) is 0 Å². The molecule has 0 heterocycles. The van der Waals surface area contributed by atoms with E-state index in [0.29, 0.717) is 17.9 Å². The molecular formula is C16H22N2O3. The first-order chi connectivity index (χ1) is 10.0. The number of nitrogens with one attached hydrogen (secondary N) is 2. The number of amides is 2. The molecule has 0 radical (unpaired) electrons. The summed E-state index contributed by atoms with van der Waals surface area (Å²) in [5.74, 6) is 0.155. The number of rotatable bonds is 6. The molecule has 1 aliphatic rings. The van der Waals surface area contributed by atoms with Gasteiger partial charge in [-0.25, -0.2) is 0 Å². The van der Waals surface area contributed by atoms with Crippen molar-refractivity contribution in [1.82, 2.24) is 5.32 Å². The molecule has 3 unspecified atom stereocenters. The summed E-state index contributed by atoms with van der Waals surface area (Å²) < 4.78 is 5.11. The Kier molecular flexibility index (Phi) is 4.83. The SMILES string of the molecule is CCC(C)NC(=O)C1CC1C(=O)Nc1cccc(OC)c1. The smallest absolute Gasteiger partial charge is 0.228 e. The standard InChI is InChI=1S/C16H22N2O3/c1-4-10(2)17-15(19)13-9-14(13)16(20)18-11-6-5-7-12(8-11)21-3/h5-8,10,13-14H,4,9H2,1-3H3,(H,17,19)(H,18,20). The number of hydrogen-bond donors (Lipinski definition) is 2. The Labute approximate surface area is 125 Å². The second-order valence-corrected chi connectivity index (χ2v) is 5.49. The van der Waals surface area contributed by atoms with Gasteiger partial charge in [0.2, 0.25) is 11.8 Å². The van der Waals surface area contributed by atoms with Gasteiger partial charge in [-0.3, -0.25) is 9.59 Å². The van der Waals surface area contributed by atoms with Crippen LogP contribution >= 0.6 is 0 Å². The fourth-order valence-corrected chi connectivity index (χ4v) is 2.16. The fraction of sp³-hybridized carbons (Fsp3) is 0.500. The number of carbonyl (C=O) groups is 2. The minimum absolute atomic E-state index is 0.0184. The molecule has 3 atom stereocenters. The van der Waals surface area contributed by atoms with Crippen molar-refractivity contribution in [2.75, 3.05) is 12.4 Å². The van der Waals surface area contributed by atoms with E-state index in [2.05, 4.69) is 10.6 Å². The molecule has 1 saturated carbocycles. The van der Waals surface area contributed by atoms with E-state index in [9.17, 15) is 9.59 Å². The van der Waals surface area contributed by atoms with Gasteiger partial charge in [-0.1, -0.05) is 13.0 Å². The van der Waals surface area contributed by atoms with Gasteiger partial charge in [-0.15, -0.1) is 0 Å². The number of methoxy groups -OCH3 is 1. The highest BCUT2D eigenvalue weighted by Gasteiger charge is 2.48. The highest BCUT2D eigenvalue weighted by atomic mass is 16.5. The second-order valence-electron chi connectivity index (χ2n) is 5.49. The van der Waals surface area contributed by atoms with Gasteiger partial charge in [0, 0.05) is 17.8 Å². The van der Waals surface area contributed by atoms with Crippen LogP contribution in [0.4, 0.5) is 5.69 Å². The molecule has 114 valence electrons. The van der Waals surface area contributed by atoms with Crippen LogP contribution in [0.2, 0.25) is 0 Å². The molecule has 1 aliphatic carbocycles. The molecule has 0 bridgehead atoms. The van der Waals surface area contributed by atoms with E-state index in [1.165, 1.54) is 0 Å². The van der Waals surface area contributed by atoms with Crippen LogP contribution in [0.15, 0.2) is 24.3 Å². The molecule has 0 saturated heterocycles. The summed E-state index contributed by atoms with van der Waals surface area (Å²) in [7, 11) is 1.58. The van der Waals surface area contributed by atoms with Gasteiger partial charge in [0.1, 0.15) is 5.75 Å². The number of ether oxygens (including phenoxy) is 1. The monoisotopic (exact) mass is 290 g/mol. The van der Waals surface area contributed by atoms with E-state index in [1.807, 2.05) is 26.0 Å². The Balaban J connectivity index is 1.87. The lowest BCUT2D eigenvalue weighted by Gasteiger charge is -2.11. The zero-order valence-electron chi connectivity index (χ0n) is 12.7. The Hall–Kier alpha value is -2.04. The van der Waals surface area contributed by atoms with Crippen molar-refractivity contribution in [2.45, 2.75) is 32.7 Å². The lowest BCUT2D eigenvalue weighted by molar-refractivity contribution is -0.125. The minimum Gasteiger partial charge on any atom is -0.497 e. The highest BCUT2D eigenvalue weighted by molar-refractivity contribution is 5.99. The van der Waals surface area contributed by atoms with Crippen LogP contribution in [0, 0.1) is 11.8 Å². The van der Waals surface area contributed by atoms with Crippen LogP contribution in [0.5, 0.6) is 5.75 Å². The van der Waals surface area contributed by atoms with Crippen molar-refractivity contribution < 1.29 is 14.3 Å². The van der Waals surface area contributed by atoms with E-state index < -0.39 is 0 Å². The van der Waals surface area contributed by atoms with Crippen LogP contribution < -0.4 is 15.4 Å². The zero-order chi connectivity index (χ0) is 15.4. The predicted molar refractivity (Wildman–Crippen MR) is 81.1 cm³/mol. The van der Waals surface area contributed by atoms with Gasteiger partial charge in [0.25, 0.3) is 0 Å². The van der Waals surface area contributed by atoms with Crippen LogP contribution in [-0.2, 0) is 9.59 Å². The number of benzene rings is 1. The molecule has 1 aromatic carbocycles. The van der Waals surface area contributed by atoms with Crippen molar-refractivity contribution >= 4 is 17.5 Å². The topological polar surface area (TPSA) is 67.4 Å². The third kappa shape index (κ3) is 3.97. The first kappa shape index (κ1) is 15.4. The summed E-state index contributed by atoms with van der Waals surface area (Å²) in [6.45, 7) is 3.98. The van der Waals surface area contributed by atoms with Crippen LogP contribution in [0.25, 0.3) is 0 Å². The average Bonchev–Trinajstić information content (AvgIpc) is 3.28. The Bertz CT molecular complexity index is 530. The molecule has 1 fully saturated rings. The third-order valence-corrected chi connectivity index (χ3v) is 3.80. The van der Waals surface area contributed by atoms with E-state index >= 15 is 0 Å². The van der Waals surface area contributed by atoms with Gasteiger partial charge in [-0.2, -0.15) is 0 Å². The second kappa shape index (κ2) is 6.61. The van der Waals surface area contributed by atoms with Crippen LogP contribution in [-0.4, -0.2) is 25.0 Å². The minimum atomic E-state index is -0.222. The molecule has 2 rings (SSSR count). The maximum Gasteiger partial charge on any atom is 0.228 e. The maximum atomic E-state index is 12.1. The molecule has 2 amide bonds. The number of anilines is 1. The molecule has 5 heteroatoms. The summed E-state index contributed by atoms with van der Waals surface area (Å²) in [6.07, 6.45) is 1.51. The summed E-state index contributed by atoms with van der Waals surface area (Å²) in [5.41, 5.74) is 0.687. The third-order valence-electron chi connectivity index (χ3n) is 3.80. The molecule has 2 N–H and O–H groups in total. The molecule has 21 heavy (non-hydrogen) atoms. The lowest BCUT2D eigenvalue weighted by atomic mass is 10.2. The van der Waals surface area contributed by atoms with Gasteiger partial charge in [-0.05, 0) is 31.9 Å². The quantitative estimate of drug-likeness (QED) is 0.844. The van der Waals surface area contributed by atoms with Gasteiger partial charge < -0.3 is 15.4 Å². The molecule has 0 aliphatic heterocycles. The molecular weight excluding hydrogens is 268 g/mol. The van der Waals surface area contributed by atoms with Crippen molar-refractivity contribution in [3.05, 3.63) is 24.3 Å². The molecule has 5 nitrogen and oxygen atoms in total. The maximum absolute atomic E-state index is 12.1. The molecule has 0 aromatic heterocycles. The summed E-state index contributed by atoms with van der Waals surface area (Å²) in [4.78, 5) is 24.0. The Morgan fingerprint density at radius 2 is 2.05 bits per heavy atom. The lowest BCUT2D eigenvalue weighted by Crippen LogP contribution is -2.34. The van der Waals surface area contributed by atoms with Crippen LogP contribution in [0.3, 0.4) is 0 Å². The van der Waals surface area contributed by atoms with Gasteiger partial charge in [0.05, 0.1) is 18.9 Å². The number of hydrogen-bond acceptors (Lipinski definition) is 3. The summed E-state index contributed by atoms with van der Waals surface area (Å²) in [6, 6.07) is 7.34. The summed E-state index contributed by atoms with van der Waals surface area (Å²) in [5, 5.41) is 5.75. The van der Waals surface area contributed by atoms with E-state index in [-0.39, 0.29) is 29.7 Å². The Morgan fingerprint density at radius 1 is 1.33 bits per heavy atom. The van der Waals surface area contributed by atoms with Crippen molar-refractivity contribution in [3.8, 4) is 5.75 Å². The van der Waals surface area contributed by atoms with Crippen molar-refractivity contribution in [1.29, 1.82) is 0 Å². The molecule has 1 aromatic rings. The fourth-order valence-electron chi connectivity index (χ4n) is 2.16. The van der Waals surface area contributed by atoms with E-state index in [4.69, 9.17) is 4.74 Å². The predicted octanol–water partition coefficient (Wildman–Crippen LogP) is 2.18. The average molecular weight is 290 g/mol. The summed E-state index contributed by atoms with van der Waals surface area (Å²) >= 11 is 0. The largest absolute Gasteiger partial charge is 0.497 e. The van der Waals surface area contributed by atoms with E-state index in [1.54, 1.807) is 19.2 Å². The van der Waals surface area contributed by atoms with Crippen LogP contribution in [0.1, 0.15) is 26.7 Å². The zero-order valence-corrected chi connectivity index (χ0v) is 12.7. The first-order valence-electron chi connectivity index (χ1n) is 7.30. The van der Waals surface area contributed by atoms with E-state index in [0.717, 1.165) is 6.42 Å². The highest BCUT2D eigenvalue weighted by Crippen LogP contribution is 2.39. The van der Waals surface area contributed by atoms with Crippen molar-refractivity contribution in [2.24, 2.45) is 11.8 Å². The van der Waals surface area contributed by atoms with Gasteiger partial charge >= 0.3 is 0 Å². The normalized spacial score (nSPS) is 21.3.